The van der Waals surface area contributed by atoms with Crippen molar-refractivity contribution in [3.8, 4) is 0 Å². The summed E-state index contributed by atoms with van der Waals surface area (Å²) in [4.78, 5) is 9.32. The van der Waals surface area contributed by atoms with Gasteiger partial charge in [0.2, 0.25) is 0 Å². The summed E-state index contributed by atoms with van der Waals surface area (Å²) in [5.41, 5.74) is 4.36. The third-order valence-electron chi connectivity index (χ3n) is 0.876. The van der Waals surface area contributed by atoms with Crippen LogP contribution in [0.15, 0.2) is 11.9 Å². The zero-order chi connectivity index (χ0) is 8.85. The highest BCUT2D eigenvalue weighted by atomic mass is 16.6. The fourth-order valence-electron chi connectivity index (χ4n) is 0.438. The Morgan fingerprint density at radius 3 is 2.73 bits per heavy atom. The predicted octanol–water partition coefficient (Wildman–Crippen LogP) is 0.0770. The Hall–Kier alpha value is -1.59. The fraction of sp³-hybridized carbons (Fsp3) is 0.400. The molecule has 0 unspecified atom stereocenters. The molecule has 6 heteroatoms. The number of nitrogens with one attached hydrogen (secondary N) is 1. The lowest BCUT2D eigenvalue weighted by atomic mass is 10.5. The van der Waals surface area contributed by atoms with Gasteiger partial charge in [0.15, 0.2) is 0 Å². The first kappa shape index (κ1) is 9.41. The average Bonchev–Trinajstić information content (AvgIpc) is 1.88. The number of nitrogens with two attached hydrogens (primary N) is 1. The summed E-state index contributed by atoms with van der Waals surface area (Å²) in [7, 11) is 0. The molecule has 0 bridgehead atoms. The van der Waals surface area contributed by atoms with Gasteiger partial charge in [-0.25, -0.2) is 0 Å². The first-order valence-electron chi connectivity index (χ1n) is 2.91. The van der Waals surface area contributed by atoms with Crippen LogP contribution in [-0.2, 0) is 4.74 Å². The zero-order valence-corrected chi connectivity index (χ0v) is 6.03. The van der Waals surface area contributed by atoms with Gasteiger partial charge in [-0.15, -0.1) is 0 Å². The van der Waals surface area contributed by atoms with Gasteiger partial charge in [0.25, 0.3) is 5.90 Å². The molecular formula is C5H9N3O3. The molecule has 0 rings (SSSR count). The summed E-state index contributed by atoms with van der Waals surface area (Å²) < 4.78 is 4.55. The van der Waals surface area contributed by atoms with Crippen LogP contribution < -0.4 is 5.73 Å². The Morgan fingerprint density at radius 1 is 1.91 bits per heavy atom. The number of hydrogen-bond donors (Lipinski definition) is 2. The van der Waals surface area contributed by atoms with Crippen molar-refractivity contribution in [3.05, 3.63) is 22.0 Å². The number of rotatable bonds is 3. The minimum Gasteiger partial charge on any atom is -0.473 e. The number of hydrogen-bond acceptors (Lipinski definition) is 5. The van der Waals surface area contributed by atoms with Crippen molar-refractivity contribution in [3.63, 3.8) is 0 Å². The molecule has 0 amide bonds. The molecule has 0 radical (unpaired) electrons. The summed E-state index contributed by atoms with van der Waals surface area (Å²) in [5, 5.41) is 17.0. The molecule has 0 aromatic carbocycles. The van der Waals surface area contributed by atoms with Crippen molar-refractivity contribution in [2.45, 2.75) is 6.92 Å². The summed E-state index contributed by atoms with van der Waals surface area (Å²) in [6.07, 6.45) is 0.734. The largest absolute Gasteiger partial charge is 0.473 e. The first-order chi connectivity index (χ1) is 5.13. The van der Waals surface area contributed by atoms with Gasteiger partial charge in [0, 0.05) is 0 Å². The molecule has 0 heterocycles. The smallest absolute Gasteiger partial charge is 0.345 e. The monoisotopic (exact) mass is 159 g/mol. The van der Waals surface area contributed by atoms with Crippen LogP contribution in [0.25, 0.3) is 0 Å². The van der Waals surface area contributed by atoms with E-state index in [0.29, 0.717) is 0 Å². The second kappa shape index (κ2) is 4.26. The maximum absolute atomic E-state index is 10.1. The van der Waals surface area contributed by atoms with E-state index in [1.54, 1.807) is 6.92 Å². The van der Waals surface area contributed by atoms with Gasteiger partial charge in [-0.1, -0.05) is 0 Å². The molecule has 11 heavy (non-hydrogen) atoms. The van der Waals surface area contributed by atoms with E-state index in [1.165, 1.54) is 0 Å². The van der Waals surface area contributed by atoms with Gasteiger partial charge >= 0.3 is 5.70 Å². The molecule has 0 aliphatic heterocycles. The highest BCUT2D eigenvalue weighted by molar-refractivity contribution is 5.88. The Labute approximate surface area is 63.3 Å². The molecule has 0 spiro atoms. The molecule has 0 aromatic rings. The molecule has 0 saturated heterocycles. The van der Waals surface area contributed by atoms with Crippen LogP contribution in [0.1, 0.15) is 6.92 Å². The highest BCUT2D eigenvalue weighted by Crippen LogP contribution is 1.96. The van der Waals surface area contributed by atoms with E-state index >= 15 is 0 Å². The summed E-state index contributed by atoms with van der Waals surface area (Å²) in [5.74, 6) is -0.514. The van der Waals surface area contributed by atoms with Crippen molar-refractivity contribution in [1.29, 1.82) is 5.41 Å². The molecule has 0 aliphatic carbocycles. The van der Waals surface area contributed by atoms with Crippen molar-refractivity contribution < 1.29 is 9.66 Å². The molecule has 0 aliphatic rings. The van der Waals surface area contributed by atoms with Crippen LogP contribution in [0.5, 0.6) is 0 Å². The van der Waals surface area contributed by atoms with Crippen molar-refractivity contribution in [1.82, 2.24) is 0 Å². The molecule has 0 aromatic heterocycles. The maximum atomic E-state index is 10.1. The van der Waals surface area contributed by atoms with Crippen LogP contribution in [0.2, 0.25) is 0 Å². The Balaban J connectivity index is 4.29. The van der Waals surface area contributed by atoms with Gasteiger partial charge < -0.3 is 10.5 Å². The maximum Gasteiger partial charge on any atom is 0.345 e. The predicted molar refractivity (Wildman–Crippen MR) is 38.6 cm³/mol. The fourth-order valence-corrected chi connectivity index (χ4v) is 0.438. The third kappa shape index (κ3) is 2.65. The highest BCUT2D eigenvalue weighted by Gasteiger charge is 2.17. The summed E-state index contributed by atoms with van der Waals surface area (Å²) in [6.45, 7) is 1.84. The van der Waals surface area contributed by atoms with Gasteiger partial charge in [-0.3, -0.25) is 15.5 Å². The lowest BCUT2D eigenvalue weighted by molar-refractivity contribution is -0.417. The van der Waals surface area contributed by atoms with E-state index in [9.17, 15) is 10.1 Å². The van der Waals surface area contributed by atoms with E-state index in [1.807, 2.05) is 0 Å². The number of nitrogens with zero attached hydrogens (tertiary/aromatic N) is 1. The van der Waals surface area contributed by atoms with E-state index in [4.69, 9.17) is 11.1 Å². The molecule has 62 valence electrons. The SMILES string of the molecule is CCOC(=N)/C(=C\N)[N+](=O)[O-]. The van der Waals surface area contributed by atoms with Crippen LogP contribution in [-0.4, -0.2) is 17.4 Å². The van der Waals surface area contributed by atoms with Crippen molar-refractivity contribution in [2.75, 3.05) is 6.61 Å². The normalized spacial score (nSPS) is 10.8. The van der Waals surface area contributed by atoms with E-state index in [0.717, 1.165) is 6.20 Å². The standard InChI is InChI=1S/C5H9N3O3/c1-2-11-5(7)4(3-6)8(9)10/h3,7H,2,6H2,1H3/b4-3+,7-5?. The Morgan fingerprint density at radius 2 is 2.45 bits per heavy atom. The Kier molecular flexibility index (Phi) is 3.65. The minimum absolute atomic E-state index is 0.212. The van der Waals surface area contributed by atoms with Crippen LogP contribution >= 0.6 is 0 Å². The minimum atomic E-state index is -0.766. The van der Waals surface area contributed by atoms with Gasteiger partial charge in [0.05, 0.1) is 17.7 Å². The second-order valence-electron chi connectivity index (χ2n) is 1.57. The molecule has 0 atom stereocenters. The lowest BCUT2D eigenvalue weighted by Crippen LogP contribution is -2.15. The van der Waals surface area contributed by atoms with E-state index in [-0.39, 0.29) is 6.61 Å². The quantitative estimate of drug-likeness (QED) is 0.263. The van der Waals surface area contributed by atoms with E-state index in [2.05, 4.69) is 4.74 Å². The number of ether oxygens (including phenoxy) is 1. The molecule has 3 N–H and O–H groups in total. The van der Waals surface area contributed by atoms with Gasteiger partial charge in [-0.05, 0) is 6.92 Å². The van der Waals surface area contributed by atoms with Gasteiger partial charge in [0.1, 0.15) is 0 Å². The van der Waals surface area contributed by atoms with Crippen LogP contribution in [0, 0.1) is 15.5 Å². The average molecular weight is 159 g/mol. The zero-order valence-electron chi connectivity index (χ0n) is 6.03. The molecular weight excluding hydrogens is 150 g/mol. The van der Waals surface area contributed by atoms with E-state index < -0.39 is 16.5 Å². The summed E-state index contributed by atoms with van der Waals surface area (Å²) >= 11 is 0. The van der Waals surface area contributed by atoms with Crippen LogP contribution in [0.3, 0.4) is 0 Å². The van der Waals surface area contributed by atoms with Crippen molar-refractivity contribution >= 4 is 5.90 Å². The number of nitro groups is 1. The lowest BCUT2D eigenvalue weighted by Gasteiger charge is -1.99. The molecule has 6 nitrogen and oxygen atoms in total. The molecule has 0 fully saturated rings. The second-order valence-corrected chi connectivity index (χ2v) is 1.57. The first-order valence-corrected chi connectivity index (χ1v) is 2.91. The Bertz CT molecular complexity index is 199. The molecule has 0 saturated carbocycles. The van der Waals surface area contributed by atoms with Crippen molar-refractivity contribution in [2.24, 2.45) is 5.73 Å². The summed E-state index contributed by atoms with van der Waals surface area (Å²) in [6, 6.07) is 0. The topological polar surface area (TPSA) is 102 Å². The van der Waals surface area contributed by atoms with Crippen LogP contribution in [0.4, 0.5) is 0 Å². The third-order valence-corrected chi connectivity index (χ3v) is 0.876. The van der Waals surface area contributed by atoms with Gasteiger partial charge in [-0.2, -0.15) is 0 Å².